The summed E-state index contributed by atoms with van der Waals surface area (Å²) >= 11 is 0. The van der Waals surface area contributed by atoms with Crippen LogP contribution in [0.15, 0.2) is 24.3 Å². The molecule has 0 unspecified atom stereocenters. The molecule has 7 nitrogen and oxygen atoms in total. The van der Waals surface area contributed by atoms with Crippen LogP contribution >= 0.6 is 0 Å². The standard InChI is InChI=1S/C46H86N2O5/c1-6-8-10-12-14-16-18-20-22-24-26-28-30-32-34-36-39-46(45(52)53,40-38-44(50)51)47(43(49)42-48(3,4)5)41-37-35-33-31-29-27-25-23-21-19-17-15-13-11-9-7-2/h20-23H,6-19,24-42H2,1-5H3,(H-,50,51,52,53)/p+1/b22-20-,23-21-/t46-/m1/s1. The average molecular weight is 748 g/mol. The number of quaternary nitrogens is 1. The molecule has 0 aromatic carbocycles. The predicted octanol–water partition coefficient (Wildman–Crippen LogP) is 12.7. The third-order valence-electron chi connectivity index (χ3n) is 10.6. The van der Waals surface area contributed by atoms with Crippen LogP contribution < -0.4 is 0 Å². The molecule has 0 aliphatic heterocycles. The number of allylic oxidation sites excluding steroid dienone is 4. The molecule has 0 rings (SSSR count). The van der Waals surface area contributed by atoms with Crippen LogP contribution in [0, 0.1) is 0 Å². The average Bonchev–Trinajstić information content (AvgIpc) is 3.10. The van der Waals surface area contributed by atoms with E-state index in [0.717, 1.165) is 64.2 Å². The van der Waals surface area contributed by atoms with Crippen molar-refractivity contribution in [1.82, 2.24) is 4.90 Å². The number of aliphatic carboxylic acids is 2. The third-order valence-corrected chi connectivity index (χ3v) is 10.6. The quantitative estimate of drug-likeness (QED) is 0.0371. The van der Waals surface area contributed by atoms with Gasteiger partial charge in [0.15, 0.2) is 6.54 Å². The molecule has 2 N–H and O–H groups in total. The van der Waals surface area contributed by atoms with Gasteiger partial charge in [-0.15, -0.1) is 0 Å². The highest BCUT2D eigenvalue weighted by Gasteiger charge is 2.46. The molecule has 7 heteroatoms. The van der Waals surface area contributed by atoms with Gasteiger partial charge in [0.05, 0.1) is 21.1 Å². The maximum Gasteiger partial charge on any atom is 0.329 e. The molecular formula is C46H87N2O5+. The summed E-state index contributed by atoms with van der Waals surface area (Å²) in [5, 5.41) is 20.3. The summed E-state index contributed by atoms with van der Waals surface area (Å²) in [6, 6.07) is 0. The van der Waals surface area contributed by atoms with Crippen LogP contribution in [0.3, 0.4) is 0 Å². The van der Waals surface area contributed by atoms with Gasteiger partial charge in [-0.05, 0) is 70.6 Å². The zero-order valence-electron chi connectivity index (χ0n) is 35.7. The number of hydrogen-bond acceptors (Lipinski definition) is 3. The Morgan fingerprint density at radius 3 is 1.23 bits per heavy atom. The molecule has 0 spiro atoms. The molecule has 310 valence electrons. The van der Waals surface area contributed by atoms with E-state index >= 15 is 0 Å². The highest BCUT2D eigenvalue weighted by Crippen LogP contribution is 2.31. The number of nitrogens with zero attached hydrogens (tertiary/aromatic N) is 2. The Labute approximate surface area is 328 Å². The summed E-state index contributed by atoms with van der Waals surface area (Å²) in [4.78, 5) is 40.2. The molecule has 53 heavy (non-hydrogen) atoms. The van der Waals surface area contributed by atoms with Gasteiger partial charge in [0.25, 0.3) is 5.91 Å². The summed E-state index contributed by atoms with van der Waals surface area (Å²) in [5.41, 5.74) is -1.49. The van der Waals surface area contributed by atoms with Gasteiger partial charge in [-0.25, -0.2) is 4.79 Å². The van der Waals surface area contributed by atoms with Crippen LogP contribution in [0.5, 0.6) is 0 Å². The number of carboxylic acid groups (broad SMARTS) is 2. The van der Waals surface area contributed by atoms with Crippen molar-refractivity contribution in [3.05, 3.63) is 24.3 Å². The first-order chi connectivity index (χ1) is 25.5. The number of carboxylic acids is 2. The Kier molecular flexibility index (Phi) is 33.0. The fourth-order valence-corrected chi connectivity index (χ4v) is 7.29. The maximum atomic E-state index is 13.8. The molecule has 1 amide bonds. The minimum Gasteiger partial charge on any atom is -0.481 e. The first kappa shape index (κ1) is 50.9. The molecular weight excluding hydrogens is 661 g/mol. The second-order valence-corrected chi connectivity index (χ2v) is 16.8. The molecule has 0 saturated carbocycles. The Morgan fingerprint density at radius 1 is 0.509 bits per heavy atom. The van der Waals surface area contributed by atoms with Crippen molar-refractivity contribution in [1.29, 1.82) is 0 Å². The molecule has 0 aliphatic rings. The van der Waals surface area contributed by atoms with E-state index in [2.05, 4.69) is 38.2 Å². The number of unbranched alkanes of at least 4 members (excludes halogenated alkanes) is 24. The second kappa shape index (κ2) is 34.3. The Morgan fingerprint density at radius 2 is 0.868 bits per heavy atom. The van der Waals surface area contributed by atoms with Crippen molar-refractivity contribution < 1.29 is 29.1 Å². The lowest BCUT2D eigenvalue weighted by Crippen LogP contribution is -2.60. The predicted molar refractivity (Wildman–Crippen MR) is 225 cm³/mol. The van der Waals surface area contributed by atoms with Crippen LogP contribution in [0.25, 0.3) is 0 Å². The number of rotatable bonds is 39. The van der Waals surface area contributed by atoms with E-state index in [1.165, 1.54) is 109 Å². The van der Waals surface area contributed by atoms with E-state index in [1.54, 1.807) is 4.90 Å². The van der Waals surface area contributed by atoms with Crippen LogP contribution in [0.1, 0.15) is 213 Å². The van der Waals surface area contributed by atoms with E-state index < -0.39 is 17.5 Å². The number of carbonyl (C=O) groups is 3. The molecule has 0 aliphatic carbocycles. The van der Waals surface area contributed by atoms with Crippen molar-refractivity contribution >= 4 is 17.8 Å². The topological polar surface area (TPSA) is 94.9 Å². The van der Waals surface area contributed by atoms with Gasteiger partial charge in [-0.3, -0.25) is 9.59 Å². The number of carbonyl (C=O) groups excluding carboxylic acids is 1. The fraction of sp³-hybridized carbons (Fsp3) is 0.848. The van der Waals surface area contributed by atoms with E-state index in [-0.39, 0.29) is 25.3 Å². The van der Waals surface area contributed by atoms with Crippen molar-refractivity contribution in [2.75, 3.05) is 34.2 Å². The summed E-state index contributed by atoms with van der Waals surface area (Å²) < 4.78 is 0.394. The van der Waals surface area contributed by atoms with Gasteiger partial charge in [-0.2, -0.15) is 0 Å². The minimum absolute atomic E-state index is 0.0575. The molecule has 0 fully saturated rings. The van der Waals surface area contributed by atoms with Crippen LogP contribution in [0.2, 0.25) is 0 Å². The highest BCUT2D eigenvalue weighted by molar-refractivity contribution is 5.88. The SMILES string of the molecule is CCCCCCCC/C=C\CCCCCCCCN(C(=O)C[N+](C)(C)C)[C@](CCCCCCCC/C=C\CCCCCCCC)(CCC(=O)O)C(=O)O. The fourth-order valence-electron chi connectivity index (χ4n) is 7.29. The molecule has 1 atom stereocenters. The van der Waals surface area contributed by atoms with E-state index in [0.29, 0.717) is 23.9 Å². The third kappa shape index (κ3) is 29.8. The molecule has 0 aromatic rings. The molecule has 0 radical (unpaired) electrons. The molecule has 0 heterocycles. The minimum atomic E-state index is -1.49. The first-order valence-corrected chi connectivity index (χ1v) is 22.4. The van der Waals surface area contributed by atoms with Crippen molar-refractivity contribution in [2.24, 2.45) is 0 Å². The van der Waals surface area contributed by atoms with Crippen molar-refractivity contribution in [2.45, 2.75) is 218 Å². The molecule has 0 saturated heterocycles. The zero-order chi connectivity index (χ0) is 39.5. The van der Waals surface area contributed by atoms with Crippen LogP contribution in [-0.4, -0.2) is 77.2 Å². The normalized spacial score (nSPS) is 13.2. The summed E-state index contributed by atoms with van der Waals surface area (Å²) in [6.07, 6.45) is 42.2. The smallest absolute Gasteiger partial charge is 0.329 e. The first-order valence-electron chi connectivity index (χ1n) is 22.4. The van der Waals surface area contributed by atoms with E-state index in [9.17, 15) is 24.6 Å². The summed E-state index contributed by atoms with van der Waals surface area (Å²) in [7, 11) is 5.81. The maximum absolute atomic E-state index is 13.8. The lowest BCUT2D eigenvalue weighted by atomic mass is 9.84. The van der Waals surface area contributed by atoms with Gasteiger partial charge < -0.3 is 19.6 Å². The van der Waals surface area contributed by atoms with Crippen molar-refractivity contribution in [3.8, 4) is 0 Å². The van der Waals surface area contributed by atoms with Gasteiger partial charge in [0, 0.05) is 13.0 Å². The van der Waals surface area contributed by atoms with Gasteiger partial charge in [0.1, 0.15) is 5.54 Å². The second-order valence-electron chi connectivity index (χ2n) is 16.8. The number of likely N-dealkylation sites (N-methyl/N-ethyl adjacent to an activating group) is 1. The highest BCUT2D eigenvalue weighted by atomic mass is 16.4. The lowest BCUT2D eigenvalue weighted by Gasteiger charge is -2.42. The Bertz CT molecular complexity index is 956. The van der Waals surface area contributed by atoms with E-state index in [4.69, 9.17) is 0 Å². The summed E-state index contributed by atoms with van der Waals surface area (Å²) in [6.45, 7) is 5.05. The largest absolute Gasteiger partial charge is 0.481 e. The lowest BCUT2D eigenvalue weighted by molar-refractivity contribution is -0.862. The van der Waals surface area contributed by atoms with Crippen LogP contribution in [-0.2, 0) is 14.4 Å². The Balaban J connectivity index is 4.89. The van der Waals surface area contributed by atoms with Gasteiger partial charge in [-0.1, -0.05) is 160 Å². The molecule has 0 aromatic heterocycles. The summed E-state index contributed by atoms with van der Waals surface area (Å²) in [5.74, 6) is -2.28. The van der Waals surface area contributed by atoms with Crippen LogP contribution in [0.4, 0.5) is 0 Å². The van der Waals surface area contributed by atoms with Gasteiger partial charge >= 0.3 is 11.9 Å². The number of hydrogen-bond donors (Lipinski definition) is 2. The van der Waals surface area contributed by atoms with Crippen molar-refractivity contribution in [3.63, 3.8) is 0 Å². The van der Waals surface area contributed by atoms with E-state index in [1.807, 2.05) is 21.1 Å². The van der Waals surface area contributed by atoms with Gasteiger partial charge in [0.2, 0.25) is 0 Å². The number of amides is 1. The molecule has 0 bridgehead atoms. The zero-order valence-corrected chi connectivity index (χ0v) is 35.7. The Hall–Kier alpha value is -2.15. The monoisotopic (exact) mass is 748 g/mol.